The molecule has 1 aromatic carbocycles. The summed E-state index contributed by atoms with van der Waals surface area (Å²) < 4.78 is 10.5. The maximum atomic E-state index is 12.5. The number of nitro groups is 1. The fourth-order valence-corrected chi connectivity index (χ4v) is 2.42. The smallest absolute Gasteiger partial charge is 0.314 e. The Morgan fingerprint density at radius 3 is 2.17 bits per heavy atom. The van der Waals surface area contributed by atoms with Gasteiger partial charge in [-0.3, -0.25) is 14.9 Å². The molecule has 0 radical (unpaired) electrons. The van der Waals surface area contributed by atoms with Crippen LogP contribution in [0, 0.1) is 10.1 Å². The van der Waals surface area contributed by atoms with E-state index in [-0.39, 0.29) is 29.4 Å². The summed E-state index contributed by atoms with van der Waals surface area (Å²) in [5.41, 5.74) is -0.232. The van der Waals surface area contributed by atoms with Gasteiger partial charge in [0, 0.05) is 12.1 Å². The van der Waals surface area contributed by atoms with Crippen LogP contribution in [0.25, 0.3) is 0 Å². The fourth-order valence-electron chi connectivity index (χ4n) is 2.42. The van der Waals surface area contributed by atoms with E-state index < -0.39 is 11.0 Å². The average molecular weight is 324 g/mol. The number of ether oxygens (including phenoxy) is 2. The van der Waals surface area contributed by atoms with E-state index in [0.717, 1.165) is 0 Å². The van der Waals surface area contributed by atoms with E-state index in [1.54, 1.807) is 17.9 Å². The highest BCUT2D eigenvalue weighted by Crippen LogP contribution is 2.32. The van der Waals surface area contributed by atoms with E-state index in [0.29, 0.717) is 5.75 Å². The van der Waals surface area contributed by atoms with Gasteiger partial charge in [0.2, 0.25) is 0 Å². The van der Waals surface area contributed by atoms with Gasteiger partial charge >= 0.3 is 5.69 Å². The summed E-state index contributed by atoms with van der Waals surface area (Å²) in [6, 6.07) is 4.30. The maximum absolute atomic E-state index is 12.5. The van der Waals surface area contributed by atoms with E-state index in [1.165, 1.54) is 19.2 Å². The number of rotatable bonds is 7. The predicted octanol–water partition coefficient (Wildman–Crippen LogP) is 3.02. The zero-order valence-corrected chi connectivity index (χ0v) is 14.4. The lowest BCUT2D eigenvalue weighted by molar-refractivity contribution is -0.386. The van der Waals surface area contributed by atoms with Gasteiger partial charge in [0.05, 0.1) is 18.1 Å². The molecule has 0 heterocycles. The summed E-state index contributed by atoms with van der Waals surface area (Å²) in [4.78, 5) is 24.8. The molecule has 1 rings (SSSR count). The summed E-state index contributed by atoms with van der Waals surface area (Å²) in [5, 5.41) is 11.2. The van der Waals surface area contributed by atoms with Crippen molar-refractivity contribution in [1.82, 2.24) is 4.90 Å². The van der Waals surface area contributed by atoms with Gasteiger partial charge in [-0.25, -0.2) is 0 Å². The highest BCUT2D eigenvalue weighted by molar-refractivity contribution is 5.81. The van der Waals surface area contributed by atoms with Crippen molar-refractivity contribution in [2.45, 2.75) is 52.8 Å². The van der Waals surface area contributed by atoms with E-state index in [2.05, 4.69) is 0 Å². The number of methoxy groups -OCH3 is 1. The topological polar surface area (TPSA) is 81.9 Å². The van der Waals surface area contributed by atoms with E-state index in [4.69, 9.17) is 9.47 Å². The minimum Gasteiger partial charge on any atom is -0.496 e. The fraction of sp³-hybridized carbons (Fsp3) is 0.562. The number of carbonyl (C=O) groups is 1. The molecule has 0 saturated heterocycles. The molecule has 1 amide bonds. The summed E-state index contributed by atoms with van der Waals surface area (Å²) in [6.07, 6.45) is -0.827. The first kappa shape index (κ1) is 18.7. The van der Waals surface area contributed by atoms with Gasteiger partial charge in [0.1, 0.15) is 5.75 Å². The molecule has 7 nitrogen and oxygen atoms in total. The summed E-state index contributed by atoms with van der Waals surface area (Å²) in [7, 11) is 1.43. The molecule has 0 aliphatic carbocycles. The van der Waals surface area contributed by atoms with Crippen LogP contribution in [0.4, 0.5) is 5.69 Å². The highest BCUT2D eigenvalue weighted by Gasteiger charge is 2.28. The van der Waals surface area contributed by atoms with Crippen molar-refractivity contribution < 1.29 is 19.2 Å². The molecule has 0 aliphatic heterocycles. The largest absolute Gasteiger partial charge is 0.496 e. The quantitative estimate of drug-likeness (QED) is 0.569. The molecule has 23 heavy (non-hydrogen) atoms. The van der Waals surface area contributed by atoms with Crippen LogP contribution in [0.1, 0.15) is 34.6 Å². The number of amides is 1. The molecule has 0 fully saturated rings. The van der Waals surface area contributed by atoms with Crippen molar-refractivity contribution in [2.24, 2.45) is 0 Å². The minimum absolute atomic E-state index is 0.0133. The molecule has 0 bridgehead atoms. The summed E-state index contributed by atoms with van der Waals surface area (Å²) >= 11 is 0. The monoisotopic (exact) mass is 324 g/mol. The van der Waals surface area contributed by atoms with Crippen LogP contribution in [0.15, 0.2) is 18.2 Å². The van der Waals surface area contributed by atoms with Crippen molar-refractivity contribution in [3.05, 3.63) is 28.3 Å². The molecule has 0 N–H and O–H groups in total. The normalized spacial score (nSPS) is 12.2. The lowest BCUT2D eigenvalue weighted by Gasteiger charge is -2.32. The first-order valence-corrected chi connectivity index (χ1v) is 7.50. The number of nitro benzene ring substituents is 1. The number of nitrogens with zero attached hydrogens (tertiary/aromatic N) is 2. The molecule has 0 aromatic heterocycles. The average Bonchev–Trinajstić information content (AvgIpc) is 2.46. The second kappa shape index (κ2) is 7.80. The van der Waals surface area contributed by atoms with E-state index in [1.807, 2.05) is 27.7 Å². The van der Waals surface area contributed by atoms with Gasteiger partial charge in [0.15, 0.2) is 11.9 Å². The second-order valence-corrected chi connectivity index (χ2v) is 5.78. The van der Waals surface area contributed by atoms with Crippen molar-refractivity contribution in [2.75, 3.05) is 7.11 Å². The number of hydrogen-bond acceptors (Lipinski definition) is 5. The third kappa shape index (κ3) is 4.58. The van der Waals surface area contributed by atoms with Gasteiger partial charge in [-0.05, 0) is 46.8 Å². The van der Waals surface area contributed by atoms with Crippen LogP contribution in [-0.4, -0.2) is 41.0 Å². The Kier molecular flexibility index (Phi) is 6.36. The lowest BCUT2D eigenvalue weighted by atomic mass is 10.2. The number of carbonyl (C=O) groups excluding carboxylic acids is 1. The molecule has 128 valence electrons. The predicted molar refractivity (Wildman–Crippen MR) is 86.9 cm³/mol. The Bertz CT molecular complexity index is 564. The van der Waals surface area contributed by atoms with Crippen molar-refractivity contribution >= 4 is 11.6 Å². The van der Waals surface area contributed by atoms with Crippen molar-refractivity contribution in [3.63, 3.8) is 0 Å². The third-order valence-electron chi connectivity index (χ3n) is 3.38. The zero-order chi connectivity index (χ0) is 17.7. The Balaban J connectivity index is 3.02. The van der Waals surface area contributed by atoms with Crippen LogP contribution in [0.5, 0.6) is 11.5 Å². The minimum atomic E-state index is -0.827. The third-order valence-corrected chi connectivity index (χ3v) is 3.38. The van der Waals surface area contributed by atoms with Gasteiger partial charge in [0.25, 0.3) is 5.91 Å². The Labute approximate surface area is 136 Å². The molecule has 1 atom stereocenters. The van der Waals surface area contributed by atoms with Gasteiger partial charge in [-0.15, -0.1) is 0 Å². The van der Waals surface area contributed by atoms with Crippen LogP contribution in [0.3, 0.4) is 0 Å². The molecular weight excluding hydrogens is 300 g/mol. The standard InChI is InChI=1S/C16H24N2O5/c1-10(2)17(11(3)4)16(19)12(5)23-15-8-7-13(22-6)9-14(15)18(20)21/h7-12H,1-6H3/t12-/m1/s1. The highest BCUT2D eigenvalue weighted by atomic mass is 16.6. The first-order chi connectivity index (χ1) is 10.7. The molecule has 0 saturated carbocycles. The van der Waals surface area contributed by atoms with Gasteiger partial charge < -0.3 is 14.4 Å². The van der Waals surface area contributed by atoms with Gasteiger partial charge in [-0.1, -0.05) is 0 Å². The number of hydrogen-bond donors (Lipinski definition) is 0. The van der Waals surface area contributed by atoms with E-state index >= 15 is 0 Å². The molecular formula is C16H24N2O5. The van der Waals surface area contributed by atoms with Crippen molar-refractivity contribution in [3.8, 4) is 11.5 Å². The zero-order valence-electron chi connectivity index (χ0n) is 14.4. The Morgan fingerprint density at radius 1 is 1.17 bits per heavy atom. The Morgan fingerprint density at radius 2 is 1.74 bits per heavy atom. The van der Waals surface area contributed by atoms with Crippen LogP contribution < -0.4 is 9.47 Å². The number of benzene rings is 1. The van der Waals surface area contributed by atoms with Crippen LogP contribution in [0.2, 0.25) is 0 Å². The molecule has 0 aliphatic rings. The van der Waals surface area contributed by atoms with E-state index in [9.17, 15) is 14.9 Å². The Hall–Kier alpha value is -2.31. The first-order valence-electron chi connectivity index (χ1n) is 7.50. The summed E-state index contributed by atoms with van der Waals surface area (Å²) in [5.74, 6) is 0.193. The van der Waals surface area contributed by atoms with Crippen LogP contribution in [-0.2, 0) is 4.79 Å². The molecule has 0 unspecified atom stereocenters. The van der Waals surface area contributed by atoms with Crippen LogP contribution >= 0.6 is 0 Å². The SMILES string of the molecule is COc1ccc(O[C@H](C)C(=O)N(C(C)C)C(C)C)c([N+](=O)[O-])c1. The molecule has 0 spiro atoms. The molecule has 1 aromatic rings. The van der Waals surface area contributed by atoms with Crippen molar-refractivity contribution in [1.29, 1.82) is 0 Å². The summed E-state index contributed by atoms with van der Waals surface area (Å²) in [6.45, 7) is 9.26. The maximum Gasteiger partial charge on any atom is 0.314 e. The second-order valence-electron chi connectivity index (χ2n) is 5.78. The van der Waals surface area contributed by atoms with Gasteiger partial charge in [-0.2, -0.15) is 0 Å². The molecule has 7 heteroatoms. The lowest BCUT2D eigenvalue weighted by Crippen LogP contribution is -2.48.